The van der Waals surface area contributed by atoms with E-state index >= 15 is 0 Å². The van der Waals surface area contributed by atoms with Crippen LogP contribution < -0.4 is 4.72 Å². The Kier molecular flexibility index (Phi) is 2.03. The van der Waals surface area contributed by atoms with Gasteiger partial charge in [0.1, 0.15) is 0 Å². The monoisotopic (exact) mass is 245 g/mol. The molecule has 0 unspecified atom stereocenters. The average molecular weight is 245 g/mol. The number of rotatable bonds is 0. The highest BCUT2D eigenvalue weighted by molar-refractivity contribution is 7.93. The molecule has 0 amide bonds. The first-order valence-electron chi connectivity index (χ1n) is 5.31. The molecule has 0 saturated heterocycles. The highest BCUT2D eigenvalue weighted by Gasteiger charge is 2.26. The molecule has 17 heavy (non-hydrogen) atoms. The van der Waals surface area contributed by atoms with Crippen molar-refractivity contribution in [1.29, 1.82) is 0 Å². The van der Waals surface area contributed by atoms with Crippen molar-refractivity contribution >= 4 is 15.7 Å². The molecule has 2 aromatic carbocycles. The Morgan fingerprint density at radius 3 is 2.59 bits per heavy atom. The van der Waals surface area contributed by atoms with Gasteiger partial charge < -0.3 is 0 Å². The van der Waals surface area contributed by atoms with E-state index < -0.39 is 10.0 Å². The van der Waals surface area contributed by atoms with Gasteiger partial charge in [0.25, 0.3) is 10.0 Å². The van der Waals surface area contributed by atoms with Gasteiger partial charge in [0.2, 0.25) is 0 Å². The second kappa shape index (κ2) is 3.34. The number of aryl methyl sites for hydroxylation is 1. The van der Waals surface area contributed by atoms with Gasteiger partial charge in [-0.15, -0.1) is 0 Å². The minimum Gasteiger partial charge on any atom is -0.279 e. The van der Waals surface area contributed by atoms with Gasteiger partial charge in [-0.05, 0) is 24.6 Å². The van der Waals surface area contributed by atoms with Crippen LogP contribution in [0.25, 0.3) is 11.1 Å². The summed E-state index contributed by atoms with van der Waals surface area (Å²) in [6.07, 6.45) is 0. The number of sulfonamides is 1. The van der Waals surface area contributed by atoms with Crippen LogP contribution in [0.15, 0.2) is 47.4 Å². The number of fused-ring (bicyclic) bond motifs is 3. The first kappa shape index (κ1) is 10.4. The molecule has 0 fully saturated rings. The van der Waals surface area contributed by atoms with Crippen molar-refractivity contribution in [3.8, 4) is 11.1 Å². The van der Waals surface area contributed by atoms with Crippen LogP contribution in [0.4, 0.5) is 5.69 Å². The lowest BCUT2D eigenvalue weighted by atomic mass is 10.0. The van der Waals surface area contributed by atoms with Gasteiger partial charge in [-0.2, -0.15) is 0 Å². The SMILES string of the molecule is Cc1ccc2c(c1)S(=O)(=O)Nc1ccccc1-2. The number of benzene rings is 2. The summed E-state index contributed by atoms with van der Waals surface area (Å²) in [5, 5.41) is 0. The normalized spacial score (nSPS) is 15.6. The number of hydrogen-bond acceptors (Lipinski definition) is 2. The number of hydrogen-bond donors (Lipinski definition) is 1. The van der Waals surface area contributed by atoms with Crippen molar-refractivity contribution < 1.29 is 8.42 Å². The highest BCUT2D eigenvalue weighted by atomic mass is 32.2. The van der Waals surface area contributed by atoms with Crippen LogP contribution in [0.2, 0.25) is 0 Å². The van der Waals surface area contributed by atoms with E-state index in [1.807, 2.05) is 37.3 Å². The quantitative estimate of drug-likeness (QED) is 0.775. The van der Waals surface area contributed by atoms with E-state index in [0.29, 0.717) is 10.6 Å². The predicted octanol–water partition coefficient (Wildman–Crippen LogP) is 2.78. The summed E-state index contributed by atoms with van der Waals surface area (Å²) >= 11 is 0. The highest BCUT2D eigenvalue weighted by Crippen LogP contribution is 2.38. The van der Waals surface area contributed by atoms with Crippen molar-refractivity contribution in [2.45, 2.75) is 11.8 Å². The molecule has 0 atom stereocenters. The zero-order valence-electron chi connectivity index (χ0n) is 9.27. The lowest BCUT2D eigenvalue weighted by molar-refractivity contribution is 0.601. The molecule has 1 heterocycles. The molecule has 4 heteroatoms. The Morgan fingerprint density at radius 2 is 1.76 bits per heavy atom. The van der Waals surface area contributed by atoms with Crippen LogP contribution in [-0.4, -0.2) is 8.42 Å². The van der Waals surface area contributed by atoms with Gasteiger partial charge in [-0.3, -0.25) is 4.72 Å². The van der Waals surface area contributed by atoms with Crippen molar-refractivity contribution in [1.82, 2.24) is 0 Å². The molecule has 1 aliphatic rings. The average Bonchev–Trinajstić information content (AvgIpc) is 2.29. The van der Waals surface area contributed by atoms with Crippen molar-refractivity contribution in [2.24, 2.45) is 0 Å². The molecule has 0 bridgehead atoms. The molecule has 0 spiro atoms. The summed E-state index contributed by atoms with van der Waals surface area (Å²) in [5.41, 5.74) is 3.28. The van der Waals surface area contributed by atoms with Crippen LogP contribution in [-0.2, 0) is 10.0 Å². The molecule has 3 nitrogen and oxygen atoms in total. The maximum atomic E-state index is 12.1. The van der Waals surface area contributed by atoms with Crippen LogP contribution in [0, 0.1) is 6.92 Å². The Morgan fingerprint density at radius 1 is 1.00 bits per heavy atom. The Bertz CT molecular complexity index is 705. The van der Waals surface area contributed by atoms with E-state index in [1.54, 1.807) is 12.1 Å². The molecular weight excluding hydrogens is 234 g/mol. The number of para-hydroxylation sites is 1. The molecule has 1 aliphatic heterocycles. The van der Waals surface area contributed by atoms with E-state index in [4.69, 9.17) is 0 Å². The molecule has 1 N–H and O–H groups in total. The molecule has 0 radical (unpaired) electrons. The van der Waals surface area contributed by atoms with Crippen molar-refractivity contribution in [3.63, 3.8) is 0 Å². The smallest absolute Gasteiger partial charge is 0.262 e. The fraction of sp³-hybridized carbons (Fsp3) is 0.0769. The van der Waals surface area contributed by atoms with Gasteiger partial charge in [0, 0.05) is 11.1 Å². The summed E-state index contributed by atoms with van der Waals surface area (Å²) in [7, 11) is -3.43. The fourth-order valence-corrected chi connectivity index (χ4v) is 3.47. The van der Waals surface area contributed by atoms with Crippen molar-refractivity contribution in [2.75, 3.05) is 4.72 Å². The molecule has 3 rings (SSSR count). The molecular formula is C13H11NO2S. The van der Waals surface area contributed by atoms with Gasteiger partial charge in [0.15, 0.2) is 0 Å². The van der Waals surface area contributed by atoms with Gasteiger partial charge in [0.05, 0.1) is 10.6 Å². The van der Waals surface area contributed by atoms with Gasteiger partial charge in [-0.25, -0.2) is 8.42 Å². The third-order valence-electron chi connectivity index (χ3n) is 2.89. The first-order chi connectivity index (χ1) is 8.08. The fourth-order valence-electron chi connectivity index (χ4n) is 2.08. The minimum absolute atomic E-state index is 0.358. The van der Waals surface area contributed by atoms with Crippen LogP contribution >= 0.6 is 0 Å². The standard InChI is InChI=1S/C13H11NO2S/c1-9-6-7-11-10-4-2-3-5-12(10)14-17(15,16)13(11)8-9/h2-8,14H,1H3. The Hall–Kier alpha value is -1.81. The topological polar surface area (TPSA) is 46.2 Å². The molecule has 0 aromatic heterocycles. The molecule has 0 aliphatic carbocycles. The minimum atomic E-state index is -3.43. The van der Waals surface area contributed by atoms with Crippen LogP contribution in [0.3, 0.4) is 0 Å². The van der Waals surface area contributed by atoms with Crippen molar-refractivity contribution in [3.05, 3.63) is 48.0 Å². The lowest BCUT2D eigenvalue weighted by Crippen LogP contribution is -2.18. The van der Waals surface area contributed by atoms with Gasteiger partial charge in [-0.1, -0.05) is 30.3 Å². The first-order valence-corrected chi connectivity index (χ1v) is 6.79. The summed E-state index contributed by atoms with van der Waals surface area (Å²) in [5.74, 6) is 0. The second-order valence-corrected chi connectivity index (χ2v) is 5.80. The second-order valence-electron chi connectivity index (χ2n) is 4.15. The molecule has 0 saturated carbocycles. The van der Waals surface area contributed by atoms with Crippen LogP contribution in [0.5, 0.6) is 0 Å². The van der Waals surface area contributed by atoms with E-state index in [2.05, 4.69) is 4.72 Å². The maximum absolute atomic E-state index is 12.1. The summed E-state index contributed by atoms with van der Waals surface area (Å²) < 4.78 is 26.7. The molecule has 2 aromatic rings. The lowest BCUT2D eigenvalue weighted by Gasteiger charge is -2.21. The number of nitrogens with one attached hydrogen (secondary N) is 1. The Balaban J connectivity index is 2.41. The maximum Gasteiger partial charge on any atom is 0.262 e. The van der Waals surface area contributed by atoms with E-state index in [9.17, 15) is 8.42 Å². The zero-order chi connectivity index (χ0) is 12.0. The van der Waals surface area contributed by atoms with E-state index in [0.717, 1.165) is 16.7 Å². The van der Waals surface area contributed by atoms with Gasteiger partial charge >= 0.3 is 0 Å². The third-order valence-corrected chi connectivity index (χ3v) is 4.29. The zero-order valence-corrected chi connectivity index (χ0v) is 10.1. The van der Waals surface area contributed by atoms with E-state index in [-0.39, 0.29) is 0 Å². The Labute approximate surface area is 100 Å². The third kappa shape index (κ3) is 1.52. The number of anilines is 1. The predicted molar refractivity (Wildman–Crippen MR) is 67.4 cm³/mol. The molecule has 86 valence electrons. The summed E-state index contributed by atoms with van der Waals surface area (Å²) in [4.78, 5) is 0.358. The van der Waals surface area contributed by atoms with E-state index in [1.165, 1.54) is 0 Å². The summed E-state index contributed by atoms with van der Waals surface area (Å²) in [6, 6.07) is 12.9. The van der Waals surface area contributed by atoms with Crippen LogP contribution in [0.1, 0.15) is 5.56 Å². The summed E-state index contributed by atoms with van der Waals surface area (Å²) in [6.45, 7) is 1.89. The largest absolute Gasteiger partial charge is 0.279 e.